The molecule has 1 fully saturated rings. The monoisotopic (exact) mass is 291 g/mol. The first-order valence-electron chi connectivity index (χ1n) is 7.92. The largest absolute Gasteiger partial charge is 0.373 e. The van der Waals surface area contributed by atoms with E-state index >= 15 is 0 Å². The van der Waals surface area contributed by atoms with Gasteiger partial charge in [0.05, 0.1) is 0 Å². The van der Waals surface area contributed by atoms with Crippen molar-refractivity contribution in [2.45, 2.75) is 46.6 Å². The molecule has 0 radical (unpaired) electrons. The molecular formula is C16H29N5. The van der Waals surface area contributed by atoms with Crippen molar-refractivity contribution in [2.75, 3.05) is 43.4 Å². The van der Waals surface area contributed by atoms with Crippen molar-refractivity contribution in [3.05, 3.63) is 11.4 Å². The summed E-state index contributed by atoms with van der Waals surface area (Å²) < 4.78 is 0. The molecule has 0 saturated carbocycles. The Morgan fingerprint density at radius 3 is 2.19 bits per heavy atom. The van der Waals surface area contributed by atoms with E-state index in [1.54, 1.807) is 0 Å². The van der Waals surface area contributed by atoms with Crippen LogP contribution in [0.1, 0.15) is 39.1 Å². The van der Waals surface area contributed by atoms with Gasteiger partial charge in [-0.2, -0.15) is 0 Å². The summed E-state index contributed by atoms with van der Waals surface area (Å²) in [5.41, 5.74) is 1.40. The van der Waals surface area contributed by atoms with E-state index in [1.165, 1.54) is 0 Å². The van der Waals surface area contributed by atoms with Crippen LogP contribution < -0.4 is 10.2 Å². The number of nitrogens with one attached hydrogen (secondary N) is 1. The Hall–Kier alpha value is -1.36. The number of piperazine rings is 1. The van der Waals surface area contributed by atoms with Gasteiger partial charge in [0.25, 0.3) is 0 Å². The van der Waals surface area contributed by atoms with E-state index in [0.29, 0.717) is 0 Å². The molecule has 1 N–H and O–H groups in total. The van der Waals surface area contributed by atoms with Crippen molar-refractivity contribution in [3.63, 3.8) is 0 Å². The van der Waals surface area contributed by atoms with Crippen LogP contribution in [0.15, 0.2) is 0 Å². The summed E-state index contributed by atoms with van der Waals surface area (Å²) in [5, 5.41) is 3.19. The van der Waals surface area contributed by atoms with Crippen LogP contribution in [-0.2, 0) is 6.42 Å². The van der Waals surface area contributed by atoms with Crippen LogP contribution in [0.25, 0.3) is 0 Å². The topological polar surface area (TPSA) is 44.3 Å². The number of aromatic nitrogens is 2. The van der Waals surface area contributed by atoms with Crippen molar-refractivity contribution in [3.8, 4) is 0 Å². The summed E-state index contributed by atoms with van der Waals surface area (Å²) in [5.74, 6) is 2.97. The van der Waals surface area contributed by atoms with Gasteiger partial charge in [-0.1, -0.05) is 6.92 Å². The lowest BCUT2D eigenvalue weighted by Gasteiger charge is -2.43. The first kappa shape index (κ1) is 16.0. The molecule has 0 unspecified atom stereocenters. The second kappa shape index (κ2) is 6.18. The smallest absolute Gasteiger partial charge is 0.137 e. The molecule has 21 heavy (non-hydrogen) atoms. The fourth-order valence-electron chi connectivity index (χ4n) is 2.85. The summed E-state index contributed by atoms with van der Waals surface area (Å²) in [7, 11) is 1.93. The Labute approximate surface area is 128 Å². The van der Waals surface area contributed by atoms with Crippen molar-refractivity contribution in [1.29, 1.82) is 0 Å². The molecule has 5 nitrogen and oxygen atoms in total. The first-order valence-corrected chi connectivity index (χ1v) is 7.92. The molecule has 1 aliphatic heterocycles. The van der Waals surface area contributed by atoms with Crippen molar-refractivity contribution in [2.24, 2.45) is 0 Å². The Morgan fingerprint density at radius 2 is 1.71 bits per heavy atom. The van der Waals surface area contributed by atoms with Gasteiger partial charge in [0, 0.05) is 50.7 Å². The van der Waals surface area contributed by atoms with Crippen LogP contribution in [0.5, 0.6) is 0 Å². The number of anilines is 2. The zero-order valence-electron chi connectivity index (χ0n) is 14.3. The number of hydrogen-bond donors (Lipinski definition) is 1. The minimum atomic E-state index is 0.248. The third kappa shape index (κ3) is 3.46. The van der Waals surface area contributed by atoms with Gasteiger partial charge < -0.3 is 10.2 Å². The summed E-state index contributed by atoms with van der Waals surface area (Å²) >= 11 is 0. The molecule has 0 aliphatic carbocycles. The highest BCUT2D eigenvalue weighted by Crippen LogP contribution is 2.26. The molecule has 0 atom stereocenters. The molecule has 0 aromatic carbocycles. The maximum absolute atomic E-state index is 4.77. The van der Waals surface area contributed by atoms with Gasteiger partial charge in [0.2, 0.25) is 0 Å². The molecule has 1 aromatic rings. The third-order valence-corrected chi connectivity index (χ3v) is 4.25. The van der Waals surface area contributed by atoms with E-state index in [-0.39, 0.29) is 5.54 Å². The molecule has 1 aromatic heterocycles. The molecule has 0 amide bonds. The maximum Gasteiger partial charge on any atom is 0.137 e. The van der Waals surface area contributed by atoms with Crippen molar-refractivity contribution >= 4 is 11.6 Å². The van der Waals surface area contributed by atoms with E-state index in [1.807, 2.05) is 7.05 Å². The average molecular weight is 291 g/mol. The van der Waals surface area contributed by atoms with E-state index in [2.05, 4.69) is 54.7 Å². The van der Waals surface area contributed by atoms with Crippen LogP contribution in [0, 0.1) is 6.92 Å². The van der Waals surface area contributed by atoms with Crippen molar-refractivity contribution in [1.82, 2.24) is 14.9 Å². The normalized spacial score (nSPS) is 17.1. The van der Waals surface area contributed by atoms with E-state index in [0.717, 1.165) is 55.6 Å². The Balaban J connectivity index is 2.20. The van der Waals surface area contributed by atoms with Gasteiger partial charge in [0.1, 0.15) is 17.5 Å². The number of aryl methyl sites for hydroxylation is 1. The highest BCUT2D eigenvalue weighted by atomic mass is 15.3. The number of rotatable bonds is 3. The molecule has 1 aliphatic rings. The second-order valence-corrected chi connectivity index (χ2v) is 6.69. The van der Waals surface area contributed by atoms with E-state index in [9.17, 15) is 0 Å². The van der Waals surface area contributed by atoms with E-state index in [4.69, 9.17) is 4.98 Å². The van der Waals surface area contributed by atoms with Crippen LogP contribution >= 0.6 is 0 Å². The Morgan fingerprint density at radius 1 is 1.10 bits per heavy atom. The van der Waals surface area contributed by atoms with Crippen molar-refractivity contribution < 1.29 is 0 Å². The molecule has 5 heteroatoms. The number of hydrogen-bond acceptors (Lipinski definition) is 5. The zero-order chi connectivity index (χ0) is 15.6. The van der Waals surface area contributed by atoms with Gasteiger partial charge in [-0.25, -0.2) is 9.97 Å². The zero-order valence-corrected chi connectivity index (χ0v) is 14.3. The van der Waals surface area contributed by atoms with Gasteiger partial charge in [0.15, 0.2) is 0 Å². The Bertz CT molecular complexity index is 484. The predicted molar refractivity (Wildman–Crippen MR) is 89.2 cm³/mol. The summed E-state index contributed by atoms with van der Waals surface area (Å²) in [6.07, 6.45) is 0.865. The lowest BCUT2D eigenvalue weighted by Crippen LogP contribution is -2.53. The maximum atomic E-state index is 4.77. The molecule has 2 rings (SSSR count). The summed E-state index contributed by atoms with van der Waals surface area (Å²) in [4.78, 5) is 14.3. The average Bonchev–Trinajstić information content (AvgIpc) is 2.47. The fraction of sp³-hybridized carbons (Fsp3) is 0.750. The molecule has 0 spiro atoms. The molecule has 1 saturated heterocycles. The fourth-order valence-corrected chi connectivity index (χ4v) is 2.85. The lowest BCUT2D eigenvalue weighted by molar-refractivity contribution is 0.128. The highest BCUT2D eigenvalue weighted by Gasteiger charge is 2.27. The molecule has 2 heterocycles. The summed E-state index contributed by atoms with van der Waals surface area (Å²) in [6, 6.07) is 0. The van der Waals surface area contributed by atoms with Crippen LogP contribution in [-0.4, -0.2) is 53.6 Å². The quantitative estimate of drug-likeness (QED) is 0.926. The predicted octanol–water partition coefficient (Wildman–Crippen LogP) is 2.31. The molecule has 118 valence electrons. The summed E-state index contributed by atoms with van der Waals surface area (Å²) in [6.45, 7) is 15.3. The third-order valence-electron chi connectivity index (χ3n) is 4.25. The van der Waals surface area contributed by atoms with Crippen LogP contribution in [0.3, 0.4) is 0 Å². The first-order chi connectivity index (χ1) is 9.86. The molecular weight excluding hydrogens is 262 g/mol. The van der Waals surface area contributed by atoms with Gasteiger partial charge in [-0.05, 0) is 27.7 Å². The number of nitrogens with zero attached hydrogens (tertiary/aromatic N) is 4. The van der Waals surface area contributed by atoms with Gasteiger partial charge in [-0.3, -0.25) is 4.90 Å². The molecule has 0 bridgehead atoms. The minimum absolute atomic E-state index is 0.248. The van der Waals surface area contributed by atoms with E-state index < -0.39 is 0 Å². The Kier molecular flexibility index (Phi) is 4.71. The van der Waals surface area contributed by atoms with Crippen LogP contribution in [0.4, 0.5) is 11.6 Å². The lowest BCUT2D eigenvalue weighted by atomic mass is 10.0. The minimum Gasteiger partial charge on any atom is -0.373 e. The SMILES string of the molecule is CCc1nc(NC)c(C)c(N2CCN(C(C)(C)C)CC2)n1. The second-order valence-electron chi connectivity index (χ2n) is 6.69. The highest BCUT2D eigenvalue weighted by molar-refractivity contribution is 5.58. The van der Waals surface area contributed by atoms with Crippen LogP contribution in [0.2, 0.25) is 0 Å². The van der Waals surface area contributed by atoms with Gasteiger partial charge >= 0.3 is 0 Å². The van der Waals surface area contributed by atoms with Gasteiger partial charge in [-0.15, -0.1) is 0 Å². The standard InChI is InChI=1S/C16H29N5/c1-7-13-18-14(17-6)12(2)15(19-13)20-8-10-21(11-9-20)16(3,4)5/h7-11H2,1-6H3,(H,17,18,19).